The van der Waals surface area contributed by atoms with E-state index in [0.29, 0.717) is 0 Å². The zero-order valence-corrected chi connectivity index (χ0v) is 11.7. The van der Waals surface area contributed by atoms with E-state index < -0.39 is 24.1 Å². The molecular weight excluding hydrogens is 305 g/mol. The number of rotatable bonds is 3. The van der Waals surface area contributed by atoms with Crippen LogP contribution in [0.4, 0.5) is 0 Å². The molecule has 0 aromatic rings. The smallest absolute Gasteiger partial charge is 0.848 e. The van der Waals surface area contributed by atoms with Crippen LogP contribution in [-0.2, 0) is 9.59 Å². The molecule has 0 aromatic carbocycles. The predicted octanol–water partition coefficient (Wildman–Crippen LogP) is -9.43. The Kier molecular flexibility index (Phi) is 14.1. The van der Waals surface area contributed by atoms with Crippen molar-refractivity contribution in [2.24, 2.45) is 0 Å². The number of aliphatic carboxylic acids is 2. The van der Waals surface area contributed by atoms with Crippen LogP contribution in [0, 0.1) is 0 Å². The first-order valence-electron chi connectivity index (χ1n) is 2.20. The molecule has 2 atom stereocenters. The fourth-order valence-corrected chi connectivity index (χ4v) is 0.247. The van der Waals surface area contributed by atoms with Crippen LogP contribution in [0.2, 0.25) is 0 Å². The first kappa shape index (κ1) is 19.0. The van der Waals surface area contributed by atoms with Crippen molar-refractivity contribution >= 4 is 36.4 Å². The van der Waals surface area contributed by atoms with Crippen molar-refractivity contribution < 1.29 is 81.4 Å². The maximum Gasteiger partial charge on any atom is 3.00 e. The van der Waals surface area contributed by atoms with E-state index in [1.54, 1.807) is 0 Å². The molecule has 0 unspecified atom stereocenters. The molecule has 0 heterocycles. The number of hydrogen-bond donors (Lipinski definition) is 0. The molecule has 0 saturated heterocycles. The minimum atomic E-state index is -2.80. The van der Waals surface area contributed by atoms with Crippen molar-refractivity contribution in [3.8, 4) is 0 Å². The van der Waals surface area contributed by atoms with Gasteiger partial charge in [0.25, 0.3) is 0 Å². The topological polar surface area (TPSA) is 126 Å². The van der Waals surface area contributed by atoms with E-state index >= 15 is 0 Å². The molecule has 0 amide bonds. The zero-order chi connectivity index (χ0) is 8.31. The predicted molar refractivity (Wildman–Crippen MR) is 23.3 cm³/mol. The molecule has 0 aliphatic heterocycles. The Balaban J connectivity index is -0.000000405. The minimum Gasteiger partial charge on any atom is -0.848 e. The summed E-state index contributed by atoms with van der Waals surface area (Å²) in [5.74, 6) is -4.46. The van der Waals surface area contributed by atoms with Crippen LogP contribution in [0.15, 0.2) is 0 Å². The van der Waals surface area contributed by atoms with E-state index in [2.05, 4.69) is 0 Å². The maximum atomic E-state index is 9.97. The second-order valence-corrected chi connectivity index (χ2v) is 1.48. The molecule has 0 bridgehead atoms. The van der Waals surface area contributed by atoms with Crippen LogP contribution < -0.4 is 71.8 Å². The van der Waals surface area contributed by atoms with Gasteiger partial charge >= 0.3 is 75.8 Å². The van der Waals surface area contributed by atoms with E-state index in [1.165, 1.54) is 0 Å². The van der Waals surface area contributed by atoms with E-state index in [-0.39, 0.29) is 75.8 Å². The summed E-state index contributed by atoms with van der Waals surface area (Å²) in [6.45, 7) is 0. The molecule has 0 aliphatic rings. The fourth-order valence-electron chi connectivity index (χ4n) is 0.247. The summed E-state index contributed by atoms with van der Waals surface area (Å²) in [6.07, 6.45) is -5.60. The first-order chi connectivity index (χ1) is 4.46. The monoisotopic (exact) mass is 306 g/mol. The number of carbonyl (C=O) groups is 2. The van der Waals surface area contributed by atoms with Gasteiger partial charge in [0.2, 0.25) is 0 Å². The molecule has 0 N–H and O–H groups in total. The van der Waals surface area contributed by atoms with Gasteiger partial charge in [0.15, 0.2) is 0 Å². The Bertz CT molecular complexity index is 144. The second kappa shape index (κ2) is 8.89. The summed E-state index contributed by atoms with van der Waals surface area (Å²) < 4.78 is 0. The third-order valence-corrected chi connectivity index (χ3v) is 0.740. The summed E-state index contributed by atoms with van der Waals surface area (Å²) in [7, 11) is 0. The minimum absolute atomic E-state index is 0. The van der Waals surface area contributed by atoms with Gasteiger partial charge < -0.3 is 30.0 Å². The Morgan fingerprint density at radius 1 is 0.917 bits per heavy atom. The van der Waals surface area contributed by atoms with Gasteiger partial charge in [0.1, 0.15) is 0 Å². The van der Waals surface area contributed by atoms with E-state index in [1.807, 2.05) is 0 Å². The van der Waals surface area contributed by atoms with Gasteiger partial charge in [-0.1, -0.05) is 12.2 Å². The summed E-state index contributed by atoms with van der Waals surface area (Å²) in [4.78, 5) is 19.1. The van der Waals surface area contributed by atoms with Crippen molar-refractivity contribution in [2.75, 3.05) is 0 Å². The zero-order valence-electron chi connectivity index (χ0n) is 6.05. The molecule has 8 heteroatoms. The summed E-state index contributed by atoms with van der Waals surface area (Å²) in [6, 6.07) is 0. The molecule has 0 aromatic heterocycles. The van der Waals surface area contributed by atoms with Crippen LogP contribution in [0.5, 0.6) is 0 Å². The quantitative estimate of drug-likeness (QED) is 0.476. The third-order valence-electron chi connectivity index (χ3n) is 0.740. The third kappa shape index (κ3) is 6.79. The van der Waals surface area contributed by atoms with Gasteiger partial charge in [0, 0.05) is 11.9 Å². The van der Waals surface area contributed by atoms with Crippen molar-refractivity contribution in [1.82, 2.24) is 0 Å². The van der Waals surface area contributed by atoms with E-state index in [4.69, 9.17) is 0 Å². The number of carbonyl (C=O) groups excluding carboxylic acids is 2. The first-order valence-corrected chi connectivity index (χ1v) is 2.20. The second-order valence-electron chi connectivity index (χ2n) is 1.48. The van der Waals surface area contributed by atoms with Crippen LogP contribution in [0.3, 0.4) is 0 Å². The van der Waals surface area contributed by atoms with Gasteiger partial charge in [-0.3, -0.25) is 0 Å². The molecule has 2 radical (unpaired) electrons. The van der Waals surface area contributed by atoms with Crippen molar-refractivity contribution in [2.45, 2.75) is 12.2 Å². The average Bonchev–Trinajstić information content (AvgIpc) is 1.84. The molecule has 0 aliphatic carbocycles. The van der Waals surface area contributed by atoms with Gasteiger partial charge in [-0.15, -0.1) is 0 Å². The van der Waals surface area contributed by atoms with Crippen molar-refractivity contribution in [3.05, 3.63) is 0 Å². The molecule has 12 heavy (non-hydrogen) atoms. The molecular formula is C4H2KO6Sb. The normalized spacial score (nSPS) is 13.2. The van der Waals surface area contributed by atoms with Crippen LogP contribution in [0.1, 0.15) is 0 Å². The fraction of sp³-hybridized carbons (Fsp3) is 0.500. The standard InChI is InChI=1S/C4H4O6.K.Sb/c5-1(3(7)8)2(6)4(9)10;;/h1-2H,(H,7,8)(H,9,10);;/q-2;+1;+3/p-2/t1-,2-;;/m1../s1. The molecule has 0 saturated carbocycles. The molecule has 0 rings (SSSR count). The van der Waals surface area contributed by atoms with Gasteiger partial charge in [0.05, 0.1) is 0 Å². The summed E-state index contributed by atoms with van der Waals surface area (Å²) >= 11 is 0. The maximum absolute atomic E-state index is 9.97. The molecule has 6 nitrogen and oxygen atoms in total. The van der Waals surface area contributed by atoms with E-state index in [9.17, 15) is 30.0 Å². The number of hydrogen-bond acceptors (Lipinski definition) is 6. The van der Waals surface area contributed by atoms with Gasteiger partial charge in [-0.25, -0.2) is 0 Å². The van der Waals surface area contributed by atoms with Gasteiger partial charge in [-0.05, 0) is 0 Å². The Labute approximate surface area is 128 Å². The largest absolute Gasteiger partial charge is 3.00 e. The van der Waals surface area contributed by atoms with Crippen molar-refractivity contribution in [3.63, 3.8) is 0 Å². The number of carboxylic acid groups (broad SMARTS) is 2. The Morgan fingerprint density at radius 3 is 1.17 bits per heavy atom. The average molecular weight is 307 g/mol. The Hall–Kier alpha value is 1.31. The molecule has 60 valence electrons. The van der Waals surface area contributed by atoms with Crippen molar-refractivity contribution in [1.29, 1.82) is 0 Å². The summed E-state index contributed by atoms with van der Waals surface area (Å²) in [5, 5.41) is 39.0. The number of carboxylic acids is 2. The van der Waals surface area contributed by atoms with E-state index in [0.717, 1.165) is 0 Å². The van der Waals surface area contributed by atoms with Crippen LogP contribution in [-0.4, -0.2) is 48.6 Å². The molecule has 0 fully saturated rings. The molecule has 0 spiro atoms. The van der Waals surface area contributed by atoms with Crippen LogP contribution >= 0.6 is 0 Å². The summed E-state index contributed by atoms with van der Waals surface area (Å²) in [5.41, 5.74) is 0. The van der Waals surface area contributed by atoms with Crippen LogP contribution in [0.25, 0.3) is 0 Å². The van der Waals surface area contributed by atoms with Gasteiger partial charge in [-0.2, -0.15) is 0 Å². The SMILES string of the molecule is O=C([O-])[C@H]([O-])[C@@H]([O-])C(=O)[O-].[K+].[Sb+3]. The Morgan fingerprint density at radius 2 is 1.08 bits per heavy atom.